The van der Waals surface area contributed by atoms with Crippen LogP contribution in [0.25, 0.3) is 0 Å². The van der Waals surface area contributed by atoms with Crippen molar-refractivity contribution in [3.05, 3.63) is 114 Å². The van der Waals surface area contributed by atoms with E-state index in [0.717, 1.165) is 81.6 Å². The molecule has 2 amide bonds. The van der Waals surface area contributed by atoms with E-state index in [0.29, 0.717) is 5.56 Å². The summed E-state index contributed by atoms with van der Waals surface area (Å²) in [6, 6.07) is 33.8. The van der Waals surface area contributed by atoms with Crippen molar-refractivity contribution in [2.24, 2.45) is 5.73 Å². The summed E-state index contributed by atoms with van der Waals surface area (Å²) in [4.78, 5) is 33.3. The number of anilines is 1. The molecule has 6 rings (SSSR count). The number of rotatable bonds is 8. The Bertz CT molecular complexity index is 1540. The molecule has 0 radical (unpaired) electrons. The van der Waals surface area contributed by atoms with Crippen LogP contribution in [0.2, 0.25) is 0 Å². The zero-order chi connectivity index (χ0) is 31.4. The number of nitrogens with two attached hydrogens (primary N) is 1. The van der Waals surface area contributed by atoms with Crippen molar-refractivity contribution in [3.63, 3.8) is 0 Å². The van der Waals surface area contributed by atoms with E-state index in [1.54, 1.807) is 23.5 Å². The molecule has 2 aliphatic heterocycles. The lowest BCUT2D eigenvalue weighted by atomic mass is 10.1. The monoisotopic (exact) mass is 657 g/mol. The molecule has 2 aliphatic rings. The fraction of sp³-hybridized carbons (Fsp3) is 0.257. The molecule has 45 heavy (non-hydrogen) atoms. The second-order valence-corrected chi connectivity index (χ2v) is 14.1. The fourth-order valence-corrected chi connectivity index (χ4v) is 7.94. The van der Waals surface area contributed by atoms with Crippen LogP contribution in [0.15, 0.2) is 123 Å². The number of hydrogen-bond donors (Lipinski definition) is 2. The average Bonchev–Trinajstić information content (AvgIpc) is 3.08. The molecule has 4 aromatic rings. The first kappa shape index (κ1) is 33.0. The van der Waals surface area contributed by atoms with Gasteiger partial charge in [-0.25, -0.2) is 5.01 Å². The lowest BCUT2D eigenvalue weighted by Crippen LogP contribution is -2.52. The highest BCUT2D eigenvalue weighted by molar-refractivity contribution is 8.00. The number of carbonyl (C=O) groups excluding carboxylic acids is 2. The normalized spacial score (nSPS) is 15.5. The van der Waals surface area contributed by atoms with Gasteiger partial charge in [0.15, 0.2) is 0 Å². The Morgan fingerprint density at radius 2 is 1.27 bits per heavy atom. The van der Waals surface area contributed by atoms with Gasteiger partial charge in [-0.2, -0.15) is 11.8 Å². The maximum Gasteiger partial charge on any atom is 0.266 e. The number of thioether (sulfide) groups is 1. The van der Waals surface area contributed by atoms with Gasteiger partial charge >= 0.3 is 0 Å². The SMILES string of the molecule is CN1CCN(NC(=O)c2ccccc2Sc2ccccc2)CC1.NC(=O)c1cccc(N2CCSCC2)c1Sc1ccccc1. The molecule has 0 bridgehead atoms. The number of nitrogens with one attached hydrogen (secondary N) is 1. The van der Waals surface area contributed by atoms with Crippen molar-refractivity contribution >= 4 is 52.8 Å². The molecule has 2 heterocycles. The van der Waals surface area contributed by atoms with Crippen LogP contribution in [0.4, 0.5) is 5.69 Å². The Morgan fingerprint density at radius 3 is 1.91 bits per heavy atom. The van der Waals surface area contributed by atoms with Crippen molar-refractivity contribution in [1.82, 2.24) is 15.3 Å². The van der Waals surface area contributed by atoms with Crippen LogP contribution in [0.1, 0.15) is 20.7 Å². The molecule has 0 atom stereocenters. The van der Waals surface area contributed by atoms with Gasteiger partial charge in [0.2, 0.25) is 5.91 Å². The van der Waals surface area contributed by atoms with E-state index in [-0.39, 0.29) is 11.8 Å². The van der Waals surface area contributed by atoms with E-state index in [4.69, 9.17) is 5.73 Å². The Balaban J connectivity index is 0.000000178. The number of carbonyl (C=O) groups is 2. The van der Waals surface area contributed by atoms with E-state index >= 15 is 0 Å². The quantitative estimate of drug-likeness (QED) is 0.231. The van der Waals surface area contributed by atoms with E-state index in [2.05, 4.69) is 52.6 Å². The van der Waals surface area contributed by atoms with Crippen molar-refractivity contribution in [2.75, 3.05) is 62.7 Å². The topological polar surface area (TPSA) is 81.9 Å². The van der Waals surface area contributed by atoms with Gasteiger partial charge in [-0.1, -0.05) is 78.1 Å². The third-order valence-corrected chi connectivity index (χ3v) is 10.6. The van der Waals surface area contributed by atoms with E-state index in [1.165, 1.54) is 0 Å². The second kappa shape index (κ2) is 16.8. The second-order valence-electron chi connectivity index (χ2n) is 10.7. The van der Waals surface area contributed by atoms with Crippen LogP contribution in [-0.4, -0.2) is 79.5 Å². The first-order chi connectivity index (χ1) is 22.0. The molecule has 2 saturated heterocycles. The van der Waals surface area contributed by atoms with Crippen molar-refractivity contribution in [3.8, 4) is 0 Å². The van der Waals surface area contributed by atoms with Gasteiger partial charge < -0.3 is 15.5 Å². The van der Waals surface area contributed by atoms with Crippen LogP contribution in [0, 0.1) is 0 Å². The molecule has 0 unspecified atom stereocenters. The molecule has 0 aliphatic carbocycles. The number of likely N-dealkylation sites (N-methyl/N-ethyl adjacent to an activating group) is 1. The Hall–Kier alpha value is -3.41. The number of benzene rings is 4. The standard InChI is InChI=1S/C18H21N3OS.C17H18N2OS2/c1-20-11-13-21(14-12-20)19-18(22)16-9-5-6-10-17(16)23-15-7-3-2-4-8-15;18-17(20)14-7-4-8-15(19-9-11-21-12-10-19)16(14)22-13-5-2-1-3-6-13/h2-10H,11-14H2,1H3,(H,19,22);1-8H,9-12H2,(H2,18,20). The minimum absolute atomic E-state index is 0.0337. The number of primary amides is 1. The highest BCUT2D eigenvalue weighted by Gasteiger charge is 2.21. The smallest absolute Gasteiger partial charge is 0.266 e. The van der Waals surface area contributed by atoms with Gasteiger partial charge in [0, 0.05) is 70.4 Å². The summed E-state index contributed by atoms with van der Waals surface area (Å²) in [7, 11) is 2.10. The van der Waals surface area contributed by atoms with Crippen LogP contribution < -0.4 is 16.1 Å². The molecular weight excluding hydrogens is 619 g/mol. The summed E-state index contributed by atoms with van der Waals surface area (Å²) in [5.41, 5.74) is 11.1. The molecule has 234 valence electrons. The van der Waals surface area contributed by atoms with Gasteiger partial charge in [0.05, 0.1) is 16.8 Å². The first-order valence-corrected chi connectivity index (χ1v) is 17.8. The van der Waals surface area contributed by atoms with E-state index in [9.17, 15) is 9.59 Å². The third-order valence-electron chi connectivity index (χ3n) is 7.44. The van der Waals surface area contributed by atoms with Crippen LogP contribution in [0.3, 0.4) is 0 Å². The maximum atomic E-state index is 12.6. The average molecular weight is 658 g/mol. The zero-order valence-electron chi connectivity index (χ0n) is 25.4. The lowest BCUT2D eigenvalue weighted by Gasteiger charge is -2.32. The number of piperazine rings is 1. The molecule has 3 N–H and O–H groups in total. The number of nitrogens with zero attached hydrogens (tertiary/aromatic N) is 3. The van der Waals surface area contributed by atoms with Crippen molar-refractivity contribution < 1.29 is 9.59 Å². The van der Waals surface area contributed by atoms with Crippen LogP contribution in [-0.2, 0) is 0 Å². The Kier molecular flexibility index (Phi) is 12.3. The summed E-state index contributed by atoms with van der Waals surface area (Å²) in [6.07, 6.45) is 0. The van der Waals surface area contributed by atoms with Crippen LogP contribution >= 0.6 is 35.3 Å². The summed E-state index contributed by atoms with van der Waals surface area (Å²) in [6.45, 7) is 5.68. The fourth-order valence-electron chi connectivity index (χ4n) is 4.97. The molecule has 4 aromatic carbocycles. The lowest BCUT2D eigenvalue weighted by molar-refractivity contribution is 0.0659. The minimum atomic E-state index is -0.369. The number of amides is 2. The Morgan fingerprint density at radius 1 is 0.689 bits per heavy atom. The molecule has 2 fully saturated rings. The third kappa shape index (κ3) is 9.54. The van der Waals surface area contributed by atoms with Crippen LogP contribution in [0.5, 0.6) is 0 Å². The first-order valence-electron chi connectivity index (χ1n) is 15.0. The molecule has 7 nitrogen and oxygen atoms in total. The largest absolute Gasteiger partial charge is 0.369 e. The molecule has 0 spiro atoms. The molecular formula is C35H39N5O2S3. The van der Waals surface area contributed by atoms with Gasteiger partial charge in [-0.05, 0) is 55.6 Å². The van der Waals surface area contributed by atoms with E-state index < -0.39 is 0 Å². The van der Waals surface area contributed by atoms with Gasteiger partial charge in [-0.15, -0.1) is 0 Å². The van der Waals surface area contributed by atoms with Gasteiger partial charge in [-0.3, -0.25) is 15.0 Å². The number of hydrazine groups is 1. The summed E-state index contributed by atoms with van der Waals surface area (Å²) in [5.74, 6) is 1.84. The Labute approximate surface area is 278 Å². The van der Waals surface area contributed by atoms with Crippen molar-refractivity contribution in [2.45, 2.75) is 19.6 Å². The molecule has 0 aromatic heterocycles. The molecule has 0 saturated carbocycles. The van der Waals surface area contributed by atoms with Gasteiger partial charge in [0.1, 0.15) is 0 Å². The van der Waals surface area contributed by atoms with E-state index in [1.807, 2.05) is 89.6 Å². The number of hydrogen-bond acceptors (Lipinski definition) is 8. The minimum Gasteiger partial charge on any atom is -0.369 e. The zero-order valence-corrected chi connectivity index (χ0v) is 27.9. The predicted octanol–water partition coefficient (Wildman–Crippen LogP) is 6.22. The highest BCUT2D eigenvalue weighted by atomic mass is 32.2. The molecule has 10 heteroatoms. The van der Waals surface area contributed by atoms with Gasteiger partial charge in [0.25, 0.3) is 5.91 Å². The summed E-state index contributed by atoms with van der Waals surface area (Å²) in [5, 5.41) is 2.01. The summed E-state index contributed by atoms with van der Waals surface area (Å²) < 4.78 is 0. The highest BCUT2D eigenvalue weighted by Crippen LogP contribution is 2.39. The summed E-state index contributed by atoms with van der Waals surface area (Å²) >= 11 is 5.20. The van der Waals surface area contributed by atoms with Crippen molar-refractivity contribution in [1.29, 1.82) is 0 Å². The maximum absolute atomic E-state index is 12.6. The predicted molar refractivity (Wildman–Crippen MR) is 189 cm³/mol.